The first-order valence-electron chi connectivity index (χ1n) is 6.71. The third-order valence-corrected chi connectivity index (χ3v) is 3.70. The van der Waals surface area contributed by atoms with Crippen LogP contribution in [0, 0.1) is 13.8 Å². The summed E-state index contributed by atoms with van der Waals surface area (Å²) in [6, 6.07) is 5.59. The lowest BCUT2D eigenvalue weighted by Gasteiger charge is -2.12. The van der Waals surface area contributed by atoms with Crippen molar-refractivity contribution in [2.24, 2.45) is 0 Å². The number of aryl methyl sites for hydroxylation is 2. The highest BCUT2D eigenvalue weighted by Gasteiger charge is 2.13. The number of imidazole rings is 1. The molecule has 21 heavy (non-hydrogen) atoms. The first-order chi connectivity index (χ1) is 9.86. The smallest absolute Gasteiger partial charge is 0.103 e. The predicted octanol–water partition coefficient (Wildman–Crippen LogP) is 4.48. The molecule has 1 aromatic carbocycles. The van der Waals surface area contributed by atoms with Gasteiger partial charge in [-0.2, -0.15) is 0 Å². The molecule has 0 aliphatic heterocycles. The Kier molecular flexibility index (Phi) is 4.96. The fourth-order valence-corrected chi connectivity index (χ4v) is 2.77. The monoisotopic (exact) mass is 323 g/mol. The van der Waals surface area contributed by atoms with Gasteiger partial charge < -0.3 is 9.88 Å². The Hall–Kier alpha value is -1.45. The number of H-pyrrole nitrogens is 1. The van der Waals surface area contributed by atoms with Crippen LogP contribution in [0.15, 0.2) is 24.4 Å². The van der Waals surface area contributed by atoms with Crippen molar-refractivity contribution in [3.63, 3.8) is 0 Å². The number of allylic oxidation sites excluding steroid dienone is 1. The average Bonchev–Trinajstić information content (AvgIpc) is 2.70. The van der Waals surface area contributed by atoms with Crippen LogP contribution in [0.25, 0.3) is 5.57 Å². The van der Waals surface area contributed by atoms with Gasteiger partial charge in [0, 0.05) is 42.5 Å². The first-order valence-corrected chi connectivity index (χ1v) is 7.47. The maximum Gasteiger partial charge on any atom is 0.103 e. The molecule has 0 aliphatic carbocycles. The van der Waals surface area contributed by atoms with Crippen LogP contribution in [-0.4, -0.2) is 29.0 Å². The Bertz CT molecular complexity index is 672. The molecule has 1 heterocycles. The lowest BCUT2D eigenvalue weighted by atomic mass is 10.0. The highest BCUT2D eigenvalue weighted by Crippen LogP contribution is 2.27. The van der Waals surface area contributed by atoms with Crippen molar-refractivity contribution in [1.29, 1.82) is 0 Å². The van der Waals surface area contributed by atoms with Crippen LogP contribution < -0.4 is 0 Å². The van der Waals surface area contributed by atoms with Gasteiger partial charge in [0.25, 0.3) is 0 Å². The third-order valence-electron chi connectivity index (χ3n) is 3.12. The minimum absolute atomic E-state index is 0.647. The van der Waals surface area contributed by atoms with E-state index in [1.165, 1.54) is 0 Å². The summed E-state index contributed by atoms with van der Waals surface area (Å²) in [5, 5.41) is 1.32. The van der Waals surface area contributed by atoms with Crippen LogP contribution in [0.4, 0.5) is 0 Å². The molecule has 0 saturated heterocycles. The maximum atomic E-state index is 6.29. The van der Waals surface area contributed by atoms with E-state index in [4.69, 9.17) is 23.2 Å². The minimum atomic E-state index is 0.647. The standard InChI is InChI=1S/C16H19Cl2N3/c1-10-16(20-11(2)19-10)13(9-21(3)4)7-12-5-6-14(17)8-15(12)18/h5-6,8-9H,7H2,1-4H3,(H,19,20). The van der Waals surface area contributed by atoms with Crippen LogP contribution in [0.2, 0.25) is 10.0 Å². The zero-order chi connectivity index (χ0) is 15.6. The summed E-state index contributed by atoms with van der Waals surface area (Å²) in [6.45, 7) is 3.99. The van der Waals surface area contributed by atoms with Crippen molar-refractivity contribution in [1.82, 2.24) is 14.9 Å². The van der Waals surface area contributed by atoms with Gasteiger partial charge in [-0.15, -0.1) is 0 Å². The van der Waals surface area contributed by atoms with Crippen molar-refractivity contribution >= 4 is 28.8 Å². The second-order valence-corrected chi connectivity index (χ2v) is 6.17. The highest BCUT2D eigenvalue weighted by atomic mass is 35.5. The molecular formula is C16H19Cl2N3. The van der Waals surface area contributed by atoms with Crippen LogP contribution in [0.1, 0.15) is 22.8 Å². The Labute approximate surface area is 135 Å². The molecule has 0 bridgehead atoms. The number of aromatic amines is 1. The molecule has 0 fully saturated rings. The molecule has 2 aromatic rings. The van der Waals surface area contributed by atoms with E-state index in [0.717, 1.165) is 28.3 Å². The molecule has 0 spiro atoms. The normalized spacial score (nSPS) is 11.8. The minimum Gasteiger partial charge on any atom is -0.383 e. The van der Waals surface area contributed by atoms with Crippen molar-refractivity contribution in [2.75, 3.05) is 14.1 Å². The van der Waals surface area contributed by atoms with Crippen LogP contribution in [0.5, 0.6) is 0 Å². The average molecular weight is 324 g/mol. The number of nitrogens with one attached hydrogen (secondary N) is 1. The van der Waals surface area contributed by atoms with Gasteiger partial charge in [-0.1, -0.05) is 29.3 Å². The zero-order valence-corrected chi connectivity index (χ0v) is 14.2. The topological polar surface area (TPSA) is 31.9 Å². The summed E-state index contributed by atoms with van der Waals surface area (Å²) in [6.07, 6.45) is 2.78. The lowest BCUT2D eigenvalue weighted by molar-refractivity contribution is 0.564. The molecular weight excluding hydrogens is 305 g/mol. The number of rotatable bonds is 4. The van der Waals surface area contributed by atoms with Crippen molar-refractivity contribution in [3.8, 4) is 0 Å². The van der Waals surface area contributed by atoms with E-state index in [-0.39, 0.29) is 0 Å². The van der Waals surface area contributed by atoms with Gasteiger partial charge in [0.15, 0.2) is 0 Å². The lowest BCUT2D eigenvalue weighted by Crippen LogP contribution is -2.05. The second-order valence-electron chi connectivity index (χ2n) is 5.33. The largest absolute Gasteiger partial charge is 0.383 e. The molecule has 112 valence electrons. The molecule has 0 amide bonds. The summed E-state index contributed by atoms with van der Waals surface area (Å²) < 4.78 is 0. The van der Waals surface area contributed by atoms with Gasteiger partial charge in [0.2, 0.25) is 0 Å². The fraction of sp³-hybridized carbons (Fsp3) is 0.312. The van der Waals surface area contributed by atoms with Gasteiger partial charge in [-0.25, -0.2) is 4.98 Å². The maximum absolute atomic E-state index is 6.29. The molecule has 5 heteroatoms. The summed E-state index contributed by atoms with van der Waals surface area (Å²) in [7, 11) is 4.00. The van der Waals surface area contributed by atoms with Crippen LogP contribution in [0.3, 0.4) is 0 Å². The molecule has 0 unspecified atom stereocenters. The van der Waals surface area contributed by atoms with Gasteiger partial charge >= 0.3 is 0 Å². The van der Waals surface area contributed by atoms with Crippen LogP contribution >= 0.6 is 23.2 Å². The number of benzene rings is 1. The Morgan fingerprint density at radius 2 is 2.00 bits per heavy atom. The summed E-state index contributed by atoms with van der Waals surface area (Å²) in [5.41, 5.74) is 4.19. The summed E-state index contributed by atoms with van der Waals surface area (Å²) in [4.78, 5) is 9.85. The Morgan fingerprint density at radius 3 is 2.52 bits per heavy atom. The van der Waals surface area contributed by atoms with E-state index < -0.39 is 0 Å². The molecule has 0 radical (unpaired) electrons. The fourth-order valence-electron chi connectivity index (χ4n) is 2.30. The van der Waals surface area contributed by atoms with Gasteiger partial charge in [-0.3, -0.25) is 0 Å². The van der Waals surface area contributed by atoms with E-state index in [2.05, 4.69) is 16.2 Å². The molecule has 0 saturated carbocycles. The Morgan fingerprint density at radius 1 is 1.29 bits per heavy atom. The number of halogens is 2. The SMILES string of the molecule is Cc1nc(C(=CN(C)C)Cc2ccc(Cl)cc2Cl)c(C)[nH]1. The molecule has 3 nitrogen and oxygen atoms in total. The van der Waals surface area contributed by atoms with E-state index in [9.17, 15) is 0 Å². The molecule has 0 aliphatic rings. The van der Waals surface area contributed by atoms with E-state index >= 15 is 0 Å². The van der Waals surface area contributed by atoms with E-state index in [1.54, 1.807) is 6.07 Å². The third kappa shape index (κ3) is 4.02. The summed E-state index contributed by atoms with van der Waals surface area (Å²) in [5.74, 6) is 0.911. The zero-order valence-electron chi connectivity index (χ0n) is 12.7. The number of aromatic nitrogens is 2. The van der Waals surface area contributed by atoms with Crippen molar-refractivity contribution in [3.05, 3.63) is 57.2 Å². The quantitative estimate of drug-likeness (QED) is 0.899. The molecule has 0 atom stereocenters. The molecule has 2 rings (SSSR count). The van der Waals surface area contributed by atoms with Crippen LogP contribution in [-0.2, 0) is 6.42 Å². The highest BCUT2D eigenvalue weighted by molar-refractivity contribution is 6.35. The van der Waals surface area contributed by atoms with Gasteiger partial charge in [0.1, 0.15) is 5.82 Å². The number of nitrogens with zero attached hydrogens (tertiary/aromatic N) is 2. The van der Waals surface area contributed by atoms with Crippen molar-refractivity contribution in [2.45, 2.75) is 20.3 Å². The van der Waals surface area contributed by atoms with Gasteiger partial charge in [0.05, 0.1) is 5.69 Å². The predicted molar refractivity (Wildman–Crippen MR) is 89.9 cm³/mol. The van der Waals surface area contributed by atoms with E-state index in [0.29, 0.717) is 16.5 Å². The van der Waals surface area contributed by atoms with Gasteiger partial charge in [-0.05, 0) is 37.1 Å². The second kappa shape index (κ2) is 6.54. The van der Waals surface area contributed by atoms with E-state index in [1.807, 2.05) is 45.0 Å². The van der Waals surface area contributed by atoms with Crippen molar-refractivity contribution < 1.29 is 0 Å². The summed E-state index contributed by atoms with van der Waals surface area (Å²) >= 11 is 12.2. The molecule has 1 N–H and O–H groups in total. The first kappa shape index (κ1) is 15.9. The molecule has 1 aromatic heterocycles. The Balaban J connectivity index is 2.40. The number of hydrogen-bond acceptors (Lipinski definition) is 2. The number of hydrogen-bond donors (Lipinski definition) is 1.